The number of benzene rings is 1. The maximum absolute atomic E-state index is 13.3. The van der Waals surface area contributed by atoms with E-state index in [-0.39, 0.29) is 17.6 Å². The topological polar surface area (TPSA) is 49.9 Å². The minimum Gasteiger partial charge on any atom is -0.378 e. The van der Waals surface area contributed by atoms with Gasteiger partial charge in [0, 0.05) is 19.6 Å². The summed E-state index contributed by atoms with van der Waals surface area (Å²) in [6, 6.07) is 5.77. The van der Waals surface area contributed by atoms with Crippen molar-refractivity contribution >= 4 is 17.4 Å². The van der Waals surface area contributed by atoms with E-state index in [1.165, 1.54) is 17.0 Å². The van der Waals surface area contributed by atoms with Gasteiger partial charge >= 0.3 is 0 Å². The average molecular weight is 360 g/mol. The molecule has 0 radical (unpaired) electrons. The Bertz CT molecular complexity index is 694. The van der Waals surface area contributed by atoms with Gasteiger partial charge in [0.1, 0.15) is 11.5 Å². The molecule has 1 aromatic carbocycles. The fraction of sp³-hybridized carbons (Fsp3) is 0.500. The van der Waals surface area contributed by atoms with Crippen LogP contribution in [-0.2, 0) is 14.3 Å². The molecule has 6 heteroatoms. The number of carbonyl (C=O) groups is 2. The summed E-state index contributed by atoms with van der Waals surface area (Å²) in [4.78, 5) is 29.3. The van der Waals surface area contributed by atoms with Gasteiger partial charge in [0.05, 0.1) is 18.8 Å². The molecule has 0 aliphatic carbocycles. The summed E-state index contributed by atoms with van der Waals surface area (Å²) in [5.74, 6) is -0.886. The maximum Gasteiger partial charge on any atom is 0.277 e. The fourth-order valence-electron chi connectivity index (χ4n) is 3.42. The van der Waals surface area contributed by atoms with E-state index in [4.69, 9.17) is 4.74 Å². The lowest BCUT2D eigenvalue weighted by atomic mass is 10.0. The molecule has 0 aromatic heterocycles. The van der Waals surface area contributed by atoms with Crippen LogP contribution in [0.3, 0.4) is 0 Å². The number of halogens is 1. The van der Waals surface area contributed by atoms with Crippen molar-refractivity contribution in [1.82, 2.24) is 9.80 Å². The van der Waals surface area contributed by atoms with E-state index in [0.717, 1.165) is 25.7 Å². The summed E-state index contributed by atoms with van der Waals surface area (Å²) in [6.45, 7) is 4.74. The third-order valence-corrected chi connectivity index (χ3v) is 4.84. The first kappa shape index (κ1) is 18.6. The minimum atomic E-state index is -0.365. The van der Waals surface area contributed by atoms with Crippen LogP contribution in [0.25, 0.3) is 5.57 Å². The zero-order valence-electron chi connectivity index (χ0n) is 15.2. The molecule has 3 rings (SSSR count). The van der Waals surface area contributed by atoms with E-state index in [9.17, 15) is 14.0 Å². The Morgan fingerprint density at radius 1 is 1.00 bits per heavy atom. The first-order valence-corrected chi connectivity index (χ1v) is 9.32. The third-order valence-electron chi connectivity index (χ3n) is 4.84. The lowest BCUT2D eigenvalue weighted by molar-refractivity contribution is -0.137. The van der Waals surface area contributed by atoms with Crippen molar-refractivity contribution in [2.75, 3.05) is 32.8 Å². The number of imide groups is 1. The number of amides is 2. The van der Waals surface area contributed by atoms with E-state index in [1.807, 2.05) is 4.90 Å². The largest absolute Gasteiger partial charge is 0.378 e. The highest BCUT2D eigenvalue weighted by molar-refractivity contribution is 6.35. The van der Waals surface area contributed by atoms with Crippen LogP contribution < -0.4 is 0 Å². The van der Waals surface area contributed by atoms with Crippen LogP contribution in [0, 0.1) is 5.82 Å². The molecular formula is C20H25FN2O3. The highest BCUT2D eigenvalue weighted by Crippen LogP contribution is 2.32. The number of hydrogen-bond donors (Lipinski definition) is 0. The van der Waals surface area contributed by atoms with Crippen molar-refractivity contribution in [2.24, 2.45) is 0 Å². The second-order valence-electron chi connectivity index (χ2n) is 6.65. The van der Waals surface area contributed by atoms with E-state index in [2.05, 4.69) is 6.92 Å². The van der Waals surface area contributed by atoms with E-state index in [0.29, 0.717) is 49.7 Å². The Morgan fingerprint density at radius 3 is 2.35 bits per heavy atom. The number of ether oxygens (including phenoxy) is 1. The molecule has 1 fully saturated rings. The maximum atomic E-state index is 13.3. The lowest BCUT2D eigenvalue weighted by Gasteiger charge is -2.29. The van der Waals surface area contributed by atoms with Gasteiger partial charge in [0.15, 0.2) is 0 Å². The van der Waals surface area contributed by atoms with Crippen molar-refractivity contribution in [3.63, 3.8) is 0 Å². The molecular weight excluding hydrogens is 335 g/mol. The zero-order valence-corrected chi connectivity index (χ0v) is 15.2. The van der Waals surface area contributed by atoms with Gasteiger partial charge < -0.3 is 9.64 Å². The predicted octanol–water partition coefficient (Wildman–Crippen LogP) is 2.82. The van der Waals surface area contributed by atoms with Crippen molar-refractivity contribution in [3.05, 3.63) is 41.3 Å². The smallest absolute Gasteiger partial charge is 0.277 e. The molecule has 2 amide bonds. The van der Waals surface area contributed by atoms with Gasteiger partial charge in [-0.15, -0.1) is 0 Å². The molecule has 2 heterocycles. The molecule has 1 saturated heterocycles. The van der Waals surface area contributed by atoms with E-state index < -0.39 is 0 Å². The predicted molar refractivity (Wildman–Crippen MR) is 96.6 cm³/mol. The summed E-state index contributed by atoms with van der Waals surface area (Å²) in [7, 11) is 0. The molecule has 5 nitrogen and oxygen atoms in total. The van der Waals surface area contributed by atoms with E-state index in [1.54, 1.807) is 12.1 Å². The Labute approximate surface area is 153 Å². The summed E-state index contributed by atoms with van der Waals surface area (Å²) in [6.07, 6.45) is 3.98. The molecule has 2 aliphatic rings. The molecule has 2 aliphatic heterocycles. The van der Waals surface area contributed by atoms with Crippen LogP contribution in [0.15, 0.2) is 30.0 Å². The molecule has 1 aromatic rings. The molecule has 0 spiro atoms. The Hall–Kier alpha value is -2.21. The van der Waals surface area contributed by atoms with Crippen LogP contribution in [0.4, 0.5) is 4.39 Å². The Balaban J connectivity index is 1.90. The summed E-state index contributed by atoms with van der Waals surface area (Å²) in [5.41, 5.74) is 1.40. The SMILES string of the molecule is CCCCCCN1C(=O)C(c2ccc(F)cc2)=C(N2CCOCC2)C1=O. The standard InChI is InChI=1S/C20H25FN2O3/c1-2-3-4-5-10-23-19(24)17(15-6-8-16(21)9-7-15)18(20(23)25)22-11-13-26-14-12-22/h6-9H,2-5,10-14H2,1H3. The van der Waals surface area contributed by atoms with Crippen LogP contribution in [0.2, 0.25) is 0 Å². The van der Waals surface area contributed by atoms with Crippen molar-refractivity contribution in [2.45, 2.75) is 32.6 Å². The Kier molecular flexibility index (Phi) is 6.04. The summed E-state index contributed by atoms with van der Waals surface area (Å²) >= 11 is 0. The molecule has 0 unspecified atom stereocenters. The monoisotopic (exact) mass is 360 g/mol. The number of carbonyl (C=O) groups excluding carboxylic acids is 2. The molecule has 0 atom stereocenters. The van der Waals surface area contributed by atoms with E-state index >= 15 is 0 Å². The average Bonchev–Trinajstić information content (AvgIpc) is 2.91. The van der Waals surface area contributed by atoms with Gasteiger partial charge in [-0.3, -0.25) is 14.5 Å². The van der Waals surface area contributed by atoms with Gasteiger partial charge in [0.25, 0.3) is 11.8 Å². The third kappa shape index (κ3) is 3.80. The fourth-order valence-corrected chi connectivity index (χ4v) is 3.42. The highest BCUT2D eigenvalue weighted by Gasteiger charge is 2.41. The molecule has 0 N–H and O–H groups in total. The molecule has 0 saturated carbocycles. The normalized spacial score (nSPS) is 18.2. The van der Waals surface area contributed by atoms with Crippen molar-refractivity contribution in [1.29, 1.82) is 0 Å². The van der Waals surface area contributed by atoms with Crippen LogP contribution in [0.5, 0.6) is 0 Å². The second-order valence-corrected chi connectivity index (χ2v) is 6.65. The first-order valence-electron chi connectivity index (χ1n) is 9.32. The lowest BCUT2D eigenvalue weighted by Crippen LogP contribution is -2.40. The van der Waals surface area contributed by atoms with Crippen molar-refractivity contribution < 1.29 is 18.7 Å². The molecule has 140 valence electrons. The van der Waals surface area contributed by atoms with Crippen LogP contribution >= 0.6 is 0 Å². The highest BCUT2D eigenvalue weighted by atomic mass is 19.1. The quantitative estimate of drug-likeness (QED) is 0.554. The van der Waals surface area contributed by atoms with Gasteiger partial charge in [0.2, 0.25) is 0 Å². The van der Waals surface area contributed by atoms with Gasteiger partial charge in [-0.25, -0.2) is 4.39 Å². The van der Waals surface area contributed by atoms with Gasteiger partial charge in [-0.05, 0) is 24.1 Å². The minimum absolute atomic E-state index is 0.243. The molecule has 26 heavy (non-hydrogen) atoms. The van der Waals surface area contributed by atoms with Crippen molar-refractivity contribution in [3.8, 4) is 0 Å². The van der Waals surface area contributed by atoms with Crippen LogP contribution in [-0.4, -0.2) is 54.5 Å². The second kappa shape index (κ2) is 8.45. The first-order chi connectivity index (χ1) is 12.6. The summed E-state index contributed by atoms with van der Waals surface area (Å²) < 4.78 is 18.7. The number of rotatable bonds is 7. The summed E-state index contributed by atoms with van der Waals surface area (Å²) in [5, 5.41) is 0. The number of morpholine rings is 1. The van der Waals surface area contributed by atoms with Crippen LogP contribution in [0.1, 0.15) is 38.2 Å². The van der Waals surface area contributed by atoms with Gasteiger partial charge in [-0.1, -0.05) is 38.3 Å². The van der Waals surface area contributed by atoms with Gasteiger partial charge in [-0.2, -0.15) is 0 Å². The molecule has 0 bridgehead atoms. The number of unbranched alkanes of at least 4 members (excludes halogenated alkanes) is 3. The number of hydrogen-bond acceptors (Lipinski definition) is 4. The zero-order chi connectivity index (χ0) is 18.5. The number of nitrogens with zero attached hydrogens (tertiary/aromatic N) is 2. The Morgan fingerprint density at radius 2 is 1.69 bits per heavy atom.